The molecule has 2 aromatic rings. The van der Waals surface area contributed by atoms with Crippen molar-refractivity contribution in [2.24, 2.45) is 0 Å². The van der Waals surface area contributed by atoms with Crippen LogP contribution >= 0.6 is 15.9 Å². The van der Waals surface area contributed by atoms with Gasteiger partial charge < -0.3 is 15.5 Å². The van der Waals surface area contributed by atoms with Gasteiger partial charge in [0.15, 0.2) is 0 Å². The van der Waals surface area contributed by atoms with Crippen molar-refractivity contribution in [3.8, 4) is 5.69 Å². The molecule has 18 heavy (non-hydrogen) atoms. The average molecular weight is 312 g/mol. The molecule has 96 valence electrons. The van der Waals surface area contributed by atoms with Crippen LogP contribution in [0.15, 0.2) is 41.1 Å². The Morgan fingerprint density at radius 3 is 2.61 bits per heavy atom. The number of nitrogens with zero attached hydrogens (tertiary/aromatic N) is 2. The van der Waals surface area contributed by atoms with Crippen LogP contribution in [0.2, 0.25) is 0 Å². The van der Waals surface area contributed by atoms with Gasteiger partial charge in [-0.15, -0.1) is 0 Å². The summed E-state index contributed by atoms with van der Waals surface area (Å²) >= 11 is 3.35. The van der Waals surface area contributed by atoms with Gasteiger partial charge in [0, 0.05) is 18.4 Å². The van der Waals surface area contributed by atoms with Crippen LogP contribution in [0.5, 0.6) is 0 Å². The Bertz CT molecular complexity index is 498. The van der Waals surface area contributed by atoms with Crippen LogP contribution in [0, 0.1) is 0 Å². The summed E-state index contributed by atoms with van der Waals surface area (Å²) < 4.78 is 2.69. The number of anilines is 1. The van der Waals surface area contributed by atoms with Gasteiger partial charge in [-0.1, -0.05) is 0 Å². The van der Waals surface area contributed by atoms with Crippen molar-refractivity contribution in [1.82, 2.24) is 9.78 Å². The van der Waals surface area contributed by atoms with Crippen molar-refractivity contribution in [2.75, 3.05) is 18.5 Å². The zero-order valence-corrected chi connectivity index (χ0v) is 11.2. The number of benzene rings is 1. The van der Waals surface area contributed by atoms with E-state index in [1.54, 1.807) is 10.9 Å². The standard InChI is InChI=1S/C12H14BrN3O2/c13-9-5-15-16(7-9)11-3-1-10(2-4-11)14-6-12(18)8-17/h1-5,7,12,14,17-18H,6,8H2. The summed E-state index contributed by atoms with van der Waals surface area (Å²) in [6, 6.07) is 7.64. The van der Waals surface area contributed by atoms with Crippen LogP contribution in [-0.2, 0) is 0 Å². The maximum atomic E-state index is 9.22. The molecular formula is C12H14BrN3O2. The maximum Gasteiger partial charge on any atom is 0.0942 e. The Labute approximate surface area is 113 Å². The lowest BCUT2D eigenvalue weighted by Crippen LogP contribution is -2.22. The zero-order valence-electron chi connectivity index (χ0n) is 9.62. The monoisotopic (exact) mass is 311 g/mol. The summed E-state index contributed by atoms with van der Waals surface area (Å²) in [6.07, 6.45) is 2.86. The molecule has 0 amide bonds. The minimum atomic E-state index is -0.744. The number of hydrogen-bond acceptors (Lipinski definition) is 4. The maximum absolute atomic E-state index is 9.22. The number of aliphatic hydroxyl groups excluding tert-OH is 2. The van der Waals surface area contributed by atoms with E-state index in [0.29, 0.717) is 6.54 Å². The highest BCUT2D eigenvalue weighted by Crippen LogP contribution is 2.15. The largest absolute Gasteiger partial charge is 0.394 e. The second-order valence-corrected chi connectivity index (χ2v) is 4.78. The van der Waals surface area contributed by atoms with E-state index in [1.807, 2.05) is 30.5 Å². The highest BCUT2D eigenvalue weighted by molar-refractivity contribution is 9.10. The Morgan fingerprint density at radius 1 is 1.33 bits per heavy atom. The van der Waals surface area contributed by atoms with Crippen LogP contribution in [0.3, 0.4) is 0 Å². The summed E-state index contributed by atoms with van der Waals surface area (Å²) in [7, 11) is 0. The van der Waals surface area contributed by atoms with Gasteiger partial charge in [-0.2, -0.15) is 5.10 Å². The first-order valence-electron chi connectivity index (χ1n) is 5.52. The van der Waals surface area contributed by atoms with Crippen molar-refractivity contribution in [2.45, 2.75) is 6.10 Å². The second-order valence-electron chi connectivity index (χ2n) is 3.87. The van der Waals surface area contributed by atoms with Crippen LogP contribution < -0.4 is 5.32 Å². The van der Waals surface area contributed by atoms with Crippen molar-refractivity contribution in [3.63, 3.8) is 0 Å². The predicted octanol–water partition coefficient (Wildman–Crippen LogP) is 1.40. The minimum Gasteiger partial charge on any atom is -0.394 e. The van der Waals surface area contributed by atoms with Crippen LogP contribution in [0.25, 0.3) is 5.69 Å². The van der Waals surface area contributed by atoms with Gasteiger partial charge in [-0.3, -0.25) is 0 Å². The van der Waals surface area contributed by atoms with Crippen LogP contribution in [0.1, 0.15) is 0 Å². The summed E-state index contributed by atoms with van der Waals surface area (Å²) in [6.45, 7) is 0.0789. The van der Waals surface area contributed by atoms with E-state index in [1.165, 1.54) is 0 Å². The van der Waals surface area contributed by atoms with E-state index in [9.17, 15) is 5.11 Å². The molecule has 0 saturated heterocycles. The first kappa shape index (κ1) is 13.1. The molecule has 5 nitrogen and oxygen atoms in total. The van der Waals surface area contributed by atoms with Crippen molar-refractivity contribution < 1.29 is 10.2 Å². The van der Waals surface area contributed by atoms with Gasteiger partial charge in [-0.05, 0) is 40.2 Å². The molecule has 1 atom stereocenters. The van der Waals surface area contributed by atoms with E-state index in [-0.39, 0.29) is 6.61 Å². The van der Waals surface area contributed by atoms with Crippen LogP contribution in [-0.4, -0.2) is 39.2 Å². The lowest BCUT2D eigenvalue weighted by Gasteiger charge is -2.10. The van der Waals surface area contributed by atoms with E-state index >= 15 is 0 Å². The quantitative estimate of drug-likeness (QED) is 0.780. The molecular weight excluding hydrogens is 298 g/mol. The summed E-state index contributed by atoms with van der Waals surface area (Å²) in [4.78, 5) is 0. The molecule has 0 bridgehead atoms. The average Bonchev–Trinajstić information content (AvgIpc) is 2.83. The Kier molecular flexibility index (Phi) is 4.35. The normalized spacial score (nSPS) is 12.4. The fourth-order valence-corrected chi connectivity index (χ4v) is 1.76. The summed E-state index contributed by atoms with van der Waals surface area (Å²) in [5, 5.41) is 25.1. The minimum absolute atomic E-state index is 0.244. The molecule has 1 aromatic carbocycles. The van der Waals surface area contributed by atoms with Gasteiger partial charge in [0.05, 0.1) is 29.1 Å². The fraction of sp³-hybridized carbons (Fsp3) is 0.250. The molecule has 0 aliphatic carbocycles. The molecule has 6 heteroatoms. The first-order valence-corrected chi connectivity index (χ1v) is 6.32. The Hall–Kier alpha value is -1.37. The number of hydrogen-bond donors (Lipinski definition) is 3. The molecule has 1 aromatic heterocycles. The molecule has 2 rings (SSSR count). The van der Waals surface area contributed by atoms with Crippen molar-refractivity contribution >= 4 is 21.6 Å². The highest BCUT2D eigenvalue weighted by atomic mass is 79.9. The summed E-state index contributed by atoms with van der Waals surface area (Å²) in [5.74, 6) is 0. The molecule has 1 heterocycles. The number of aliphatic hydroxyl groups is 2. The molecule has 3 N–H and O–H groups in total. The molecule has 0 radical (unpaired) electrons. The van der Waals surface area contributed by atoms with E-state index in [4.69, 9.17) is 5.11 Å². The third-order valence-electron chi connectivity index (χ3n) is 2.44. The lowest BCUT2D eigenvalue weighted by atomic mass is 10.2. The SMILES string of the molecule is OCC(O)CNc1ccc(-n2cc(Br)cn2)cc1. The molecule has 0 spiro atoms. The molecule has 0 fully saturated rings. The highest BCUT2D eigenvalue weighted by Gasteiger charge is 2.02. The number of halogens is 1. The van der Waals surface area contributed by atoms with E-state index in [0.717, 1.165) is 15.8 Å². The molecule has 0 saturated carbocycles. The van der Waals surface area contributed by atoms with Gasteiger partial charge in [0.2, 0.25) is 0 Å². The Morgan fingerprint density at radius 2 is 2.06 bits per heavy atom. The van der Waals surface area contributed by atoms with Gasteiger partial charge in [0.1, 0.15) is 0 Å². The van der Waals surface area contributed by atoms with Crippen molar-refractivity contribution in [1.29, 1.82) is 0 Å². The predicted molar refractivity (Wildman–Crippen MR) is 72.8 cm³/mol. The number of nitrogens with one attached hydrogen (secondary N) is 1. The van der Waals surface area contributed by atoms with Gasteiger partial charge >= 0.3 is 0 Å². The van der Waals surface area contributed by atoms with Crippen LogP contribution in [0.4, 0.5) is 5.69 Å². The molecule has 1 unspecified atom stereocenters. The van der Waals surface area contributed by atoms with Crippen molar-refractivity contribution in [3.05, 3.63) is 41.1 Å². The third kappa shape index (κ3) is 3.32. The van der Waals surface area contributed by atoms with Gasteiger partial charge in [0.25, 0.3) is 0 Å². The van der Waals surface area contributed by atoms with Gasteiger partial charge in [-0.25, -0.2) is 4.68 Å². The Balaban J connectivity index is 2.01. The van der Waals surface area contributed by atoms with E-state index in [2.05, 4.69) is 26.3 Å². The summed E-state index contributed by atoms with van der Waals surface area (Å²) in [5.41, 5.74) is 1.84. The molecule has 0 aliphatic rings. The smallest absolute Gasteiger partial charge is 0.0942 e. The lowest BCUT2D eigenvalue weighted by molar-refractivity contribution is 0.105. The zero-order chi connectivity index (χ0) is 13.0. The number of rotatable bonds is 5. The fourth-order valence-electron chi connectivity index (χ4n) is 1.47. The third-order valence-corrected chi connectivity index (χ3v) is 2.84. The van der Waals surface area contributed by atoms with E-state index < -0.39 is 6.10 Å². The topological polar surface area (TPSA) is 70.3 Å². The molecule has 0 aliphatic heterocycles. The first-order chi connectivity index (χ1) is 8.69. The number of aromatic nitrogens is 2. The second kappa shape index (κ2) is 5.99.